The van der Waals surface area contributed by atoms with Gasteiger partial charge >= 0.3 is 0 Å². The van der Waals surface area contributed by atoms with Crippen molar-refractivity contribution in [3.05, 3.63) is 35.9 Å². The first-order valence-corrected chi connectivity index (χ1v) is 3.87. The average molecular weight is 166 g/mol. The van der Waals surface area contributed by atoms with Gasteiger partial charge in [-0.3, -0.25) is 5.73 Å². The Bertz CT molecular complexity index is 244. The van der Waals surface area contributed by atoms with E-state index in [4.69, 9.17) is 11.5 Å². The van der Waals surface area contributed by atoms with Gasteiger partial charge in [0.25, 0.3) is 0 Å². The van der Waals surface area contributed by atoms with Crippen LogP contribution in [0, 0.1) is 0 Å². The summed E-state index contributed by atoms with van der Waals surface area (Å²) in [4.78, 5) is 0. The lowest BCUT2D eigenvalue weighted by Crippen LogP contribution is -2.50. The number of rotatable bonds is 2. The molecule has 0 spiro atoms. The highest BCUT2D eigenvalue weighted by Gasteiger charge is 2.27. The predicted octanol–water partition coefficient (Wildman–Crippen LogP) is 0.138. The van der Waals surface area contributed by atoms with Gasteiger partial charge in [-0.05, 0) is 12.5 Å². The molecular weight excluding hydrogens is 152 g/mol. The second kappa shape index (κ2) is 3.23. The fourth-order valence-electron chi connectivity index (χ4n) is 0.968. The van der Waals surface area contributed by atoms with Crippen molar-refractivity contribution in [2.24, 2.45) is 11.5 Å². The maximum atomic E-state index is 9.72. The summed E-state index contributed by atoms with van der Waals surface area (Å²) < 4.78 is 0. The lowest BCUT2D eigenvalue weighted by molar-refractivity contribution is 0.0217. The molecule has 5 N–H and O–H groups in total. The number of nitrogens with two attached hydrogens (primary N) is 2. The topological polar surface area (TPSA) is 72.3 Å². The van der Waals surface area contributed by atoms with Gasteiger partial charge in [-0.15, -0.1) is 0 Å². The third kappa shape index (κ3) is 1.64. The summed E-state index contributed by atoms with van der Waals surface area (Å²) in [5.74, 6) is 0. The van der Waals surface area contributed by atoms with E-state index in [1.54, 1.807) is 19.1 Å². The Morgan fingerprint density at radius 2 is 1.83 bits per heavy atom. The summed E-state index contributed by atoms with van der Waals surface area (Å²) in [6, 6.07) is 8.51. The van der Waals surface area contributed by atoms with Crippen molar-refractivity contribution in [1.29, 1.82) is 0 Å². The van der Waals surface area contributed by atoms with Crippen LogP contribution in [0.25, 0.3) is 0 Å². The summed E-state index contributed by atoms with van der Waals surface area (Å²) in [6.45, 7) is 1.67. The third-order valence-corrected chi connectivity index (χ3v) is 1.93. The molecule has 0 radical (unpaired) electrons. The Balaban J connectivity index is 2.98. The lowest BCUT2D eigenvalue weighted by Gasteiger charge is -2.27. The zero-order valence-corrected chi connectivity index (χ0v) is 7.07. The Kier molecular flexibility index (Phi) is 2.47. The van der Waals surface area contributed by atoms with Gasteiger partial charge in [0.05, 0.1) is 0 Å². The SMILES string of the molecule is C[C@@H](N)[C@@](N)(O)c1ccccc1. The molecule has 1 rings (SSSR count). The van der Waals surface area contributed by atoms with Gasteiger partial charge < -0.3 is 10.8 Å². The van der Waals surface area contributed by atoms with Crippen molar-refractivity contribution >= 4 is 0 Å². The molecule has 1 aromatic carbocycles. The number of hydrogen-bond acceptors (Lipinski definition) is 3. The highest BCUT2D eigenvalue weighted by atomic mass is 16.3. The van der Waals surface area contributed by atoms with Crippen LogP contribution in [0.2, 0.25) is 0 Å². The van der Waals surface area contributed by atoms with E-state index in [1.807, 2.05) is 18.2 Å². The molecule has 0 fully saturated rings. The van der Waals surface area contributed by atoms with Crippen molar-refractivity contribution in [3.63, 3.8) is 0 Å². The fourth-order valence-corrected chi connectivity index (χ4v) is 0.968. The minimum absolute atomic E-state index is 0.486. The van der Waals surface area contributed by atoms with Crippen LogP contribution in [0.4, 0.5) is 0 Å². The molecule has 0 aliphatic heterocycles. The summed E-state index contributed by atoms with van der Waals surface area (Å²) >= 11 is 0. The first kappa shape index (κ1) is 9.19. The molecule has 3 nitrogen and oxygen atoms in total. The standard InChI is InChI=1S/C9H14N2O/c1-7(10)9(11,12)8-5-3-2-4-6-8/h2-7,12H,10-11H2,1H3/t7-,9-/m1/s1. The van der Waals surface area contributed by atoms with E-state index >= 15 is 0 Å². The Morgan fingerprint density at radius 3 is 2.25 bits per heavy atom. The number of benzene rings is 1. The normalized spacial score (nSPS) is 18.3. The molecule has 2 atom stereocenters. The molecule has 0 unspecified atom stereocenters. The van der Waals surface area contributed by atoms with Crippen LogP contribution in [-0.4, -0.2) is 11.1 Å². The third-order valence-electron chi connectivity index (χ3n) is 1.93. The molecule has 0 heterocycles. The van der Waals surface area contributed by atoms with E-state index in [9.17, 15) is 5.11 Å². The van der Waals surface area contributed by atoms with E-state index in [2.05, 4.69) is 0 Å². The van der Waals surface area contributed by atoms with E-state index < -0.39 is 11.8 Å². The molecule has 1 aromatic rings. The largest absolute Gasteiger partial charge is 0.370 e. The van der Waals surface area contributed by atoms with Crippen LogP contribution < -0.4 is 11.5 Å². The van der Waals surface area contributed by atoms with Crippen molar-refractivity contribution in [2.75, 3.05) is 0 Å². The van der Waals surface area contributed by atoms with Gasteiger partial charge in [0.1, 0.15) is 0 Å². The van der Waals surface area contributed by atoms with Gasteiger partial charge in [-0.2, -0.15) is 0 Å². The molecule has 0 aliphatic carbocycles. The highest BCUT2D eigenvalue weighted by Crippen LogP contribution is 2.16. The molecule has 12 heavy (non-hydrogen) atoms. The molecule has 0 aliphatic rings. The Labute approximate surface area is 72.0 Å². The fraction of sp³-hybridized carbons (Fsp3) is 0.333. The molecule has 0 saturated carbocycles. The van der Waals surface area contributed by atoms with Crippen LogP contribution in [-0.2, 0) is 5.72 Å². The molecule has 0 amide bonds. The molecule has 0 saturated heterocycles. The van der Waals surface area contributed by atoms with Crippen molar-refractivity contribution in [3.8, 4) is 0 Å². The summed E-state index contributed by atoms with van der Waals surface area (Å²) in [5.41, 5.74) is 10.3. The average Bonchev–Trinajstić information content (AvgIpc) is 2.06. The van der Waals surface area contributed by atoms with Gasteiger partial charge in [0, 0.05) is 6.04 Å². The quantitative estimate of drug-likeness (QED) is 0.547. The lowest BCUT2D eigenvalue weighted by atomic mass is 9.98. The number of hydrogen-bond donors (Lipinski definition) is 3. The molecule has 3 heteroatoms. The van der Waals surface area contributed by atoms with E-state index in [1.165, 1.54) is 0 Å². The Morgan fingerprint density at radius 1 is 1.33 bits per heavy atom. The monoisotopic (exact) mass is 166 g/mol. The van der Waals surface area contributed by atoms with Gasteiger partial charge in [0.15, 0.2) is 5.72 Å². The minimum atomic E-state index is -1.43. The maximum Gasteiger partial charge on any atom is 0.154 e. The second-order valence-corrected chi connectivity index (χ2v) is 2.98. The second-order valence-electron chi connectivity index (χ2n) is 2.98. The van der Waals surface area contributed by atoms with Crippen molar-refractivity contribution in [2.45, 2.75) is 18.7 Å². The Hall–Kier alpha value is -0.900. The molecule has 0 bridgehead atoms. The van der Waals surface area contributed by atoms with Gasteiger partial charge in [-0.25, -0.2) is 0 Å². The smallest absolute Gasteiger partial charge is 0.154 e. The molecule has 0 aromatic heterocycles. The molecular formula is C9H14N2O. The molecule has 66 valence electrons. The van der Waals surface area contributed by atoms with E-state index in [-0.39, 0.29) is 0 Å². The van der Waals surface area contributed by atoms with Gasteiger partial charge in [0.2, 0.25) is 0 Å². The predicted molar refractivity (Wildman–Crippen MR) is 48.2 cm³/mol. The minimum Gasteiger partial charge on any atom is -0.370 e. The highest BCUT2D eigenvalue weighted by molar-refractivity contribution is 5.22. The van der Waals surface area contributed by atoms with Crippen LogP contribution >= 0.6 is 0 Å². The first-order chi connectivity index (χ1) is 5.55. The van der Waals surface area contributed by atoms with Crippen LogP contribution in [0.1, 0.15) is 12.5 Å². The summed E-state index contributed by atoms with van der Waals surface area (Å²) in [6.07, 6.45) is 0. The van der Waals surface area contributed by atoms with Gasteiger partial charge in [-0.1, -0.05) is 30.3 Å². The van der Waals surface area contributed by atoms with Crippen LogP contribution in [0.3, 0.4) is 0 Å². The maximum absolute atomic E-state index is 9.72. The summed E-state index contributed by atoms with van der Waals surface area (Å²) in [7, 11) is 0. The zero-order chi connectivity index (χ0) is 9.19. The first-order valence-electron chi connectivity index (χ1n) is 3.87. The van der Waals surface area contributed by atoms with E-state index in [0.717, 1.165) is 0 Å². The summed E-state index contributed by atoms with van der Waals surface area (Å²) in [5, 5.41) is 9.72. The van der Waals surface area contributed by atoms with E-state index in [0.29, 0.717) is 5.56 Å². The van der Waals surface area contributed by atoms with Crippen LogP contribution in [0.15, 0.2) is 30.3 Å². The van der Waals surface area contributed by atoms with Crippen molar-refractivity contribution in [1.82, 2.24) is 0 Å². The number of aliphatic hydroxyl groups is 1. The zero-order valence-electron chi connectivity index (χ0n) is 7.07. The van der Waals surface area contributed by atoms with Crippen LogP contribution in [0.5, 0.6) is 0 Å². The van der Waals surface area contributed by atoms with Crippen molar-refractivity contribution < 1.29 is 5.11 Å².